The second kappa shape index (κ2) is 4.57. The first kappa shape index (κ1) is 10.7. The molecule has 0 aromatic carbocycles. The first-order chi connectivity index (χ1) is 5.49. The second-order valence-corrected chi connectivity index (χ2v) is 2.82. The van der Waals surface area contributed by atoms with E-state index in [0.717, 1.165) is 0 Å². The molecule has 0 aliphatic rings. The van der Waals surface area contributed by atoms with E-state index < -0.39 is 0 Å². The fourth-order valence-corrected chi connectivity index (χ4v) is 0.691. The van der Waals surface area contributed by atoms with Gasteiger partial charge in [0.15, 0.2) is 0 Å². The number of nitriles is 1. The quantitative estimate of drug-likeness (QED) is 0.287. The first-order valence-corrected chi connectivity index (χ1v) is 3.76. The zero-order valence-corrected chi connectivity index (χ0v) is 7.81. The number of nitrogens with two attached hydrogens (primary N) is 2. The number of hydrogen-bond acceptors (Lipinski definition) is 4. The molecule has 4 nitrogen and oxygen atoms in total. The lowest BCUT2D eigenvalue weighted by Crippen LogP contribution is -2.19. The highest BCUT2D eigenvalue weighted by Crippen LogP contribution is 2.02. The maximum absolute atomic E-state index is 8.54. The van der Waals surface area contributed by atoms with Crippen molar-refractivity contribution < 1.29 is 4.74 Å². The van der Waals surface area contributed by atoms with E-state index in [9.17, 15) is 0 Å². The largest absolute Gasteiger partial charge is 0.476 e. The minimum absolute atomic E-state index is 0.0139. The molecule has 0 unspecified atom stereocenters. The highest BCUT2D eigenvalue weighted by atomic mass is 32.1. The molecule has 0 aromatic heterocycles. The lowest BCUT2D eigenvalue weighted by molar-refractivity contribution is 0.144. The summed E-state index contributed by atoms with van der Waals surface area (Å²) in [4.78, 5) is -0.0457. The van der Waals surface area contributed by atoms with Gasteiger partial charge in [0.1, 0.15) is 16.6 Å². The van der Waals surface area contributed by atoms with Crippen LogP contribution in [0.5, 0.6) is 0 Å². The van der Waals surface area contributed by atoms with Crippen molar-refractivity contribution in [1.82, 2.24) is 0 Å². The summed E-state index contributed by atoms with van der Waals surface area (Å²) < 4.78 is 5.03. The highest BCUT2D eigenvalue weighted by molar-refractivity contribution is 7.80. The molecule has 0 aliphatic heterocycles. The molecule has 0 saturated carbocycles. The van der Waals surface area contributed by atoms with Crippen LogP contribution in [0.1, 0.15) is 13.8 Å². The van der Waals surface area contributed by atoms with Gasteiger partial charge in [0.05, 0.1) is 6.10 Å². The number of hydrogen-bond donors (Lipinski definition) is 2. The summed E-state index contributed by atoms with van der Waals surface area (Å²) in [5.41, 5.74) is 10.6. The molecule has 0 bridgehead atoms. The van der Waals surface area contributed by atoms with Gasteiger partial charge in [0.2, 0.25) is 5.88 Å². The van der Waals surface area contributed by atoms with E-state index in [2.05, 4.69) is 12.2 Å². The molecule has 0 amide bonds. The fraction of sp³-hybridized carbons (Fsp3) is 0.429. The van der Waals surface area contributed by atoms with Crippen molar-refractivity contribution in [2.75, 3.05) is 0 Å². The van der Waals surface area contributed by atoms with E-state index in [4.69, 9.17) is 21.5 Å². The van der Waals surface area contributed by atoms with Gasteiger partial charge in [-0.3, -0.25) is 0 Å². The number of ether oxygens (including phenoxy) is 1. The maximum Gasteiger partial charge on any atom is 0.205 e. The SMILES string of the molecule is CC(C)O/C(N)=C(\C#N)C(N)=S. The topological polar surface area (TPSA) is 85.1 Å². The predicted octanol–water partition coefficient (Wildman–Crippen LogP) is 0.391. The number of nitrogens with zero attached hydrogens (tertiary/aromatic N) is 1. The Labute approximate surface area is 76.8 Å². The zero-order chi connectivity index (χ0) is 9.72. The normalized spacial score (nSPS) is 11.8. The van der Waals surface area contributed by atoms with Crippen LogP contribution in [0.3, 0.4) is 0 Å². The lowest BCUT2D eigenvalue weighted by atomic mass is 10.3. The average molecular weight is 185 g/mol. The van der Waals surface area contributed by atoms with E-state index in [-0.39, 0.29) is 22.5 Å². The summed E-state index contributed by atoms with van der Waals surface area (Å²) in [6, 6.07) is 1.77. The smallest absolute Gasteiger partial charge is 0.205 e. The van der Waals surface area contributed by atoms with Gasteiger partial charge in [0.25, 0.3) is 0 Å². The maximum atomic E-state index is 8.54. The minimum atomic E-state index is -0.0947. The van der Waals surface area contributed by atoms with Crippen molar-refractivity contribution in [3.63, 3.8) is 0 Å². The first-order valence-electron chi connectivity index (χ1n) is 3.35. The van der Waals surface area contributed by atoms with E-state index >= 15 is 0 Å². The summed E-state index contributed by atoms with van der Waals surface area (Å²) >= 11 is 4.58. The van der Waals surface area contributed by atoms with Gasteiger partial charge in [-0.1, -0.05) is 12.2 Å². The summed E-state index contributed by atoms with van der Waals surface area (Å²) in [6.45, 7) is 3.59. The van der Waals surface area contributed by atoms with E-state index in [1.807, 2.05) is 0 Å². The molecule has 0 atom stereocenters. The van der Waals surface area contributed by atoms with Crippen LogP contribution >= 0.6 is 12.2 Å². The molecule has 5 heteroatoms. The van der Waals surface area contributed by atoms with Crippen molar-refractivity contribution in [1.29, 1.82) is 5.26 Å². The molecule has 0 rings (SSSR count). The van der Waals surface area contributed by atoms with Gasteiger partial charge in [0, 0.05) is 0 Å². The predicted molar refractivity (Wildman–Crippen MR) is 49.8 cm³/mol. The summed E-state index contributed by atoms with van der Waals surface area (Å²) in [5.74, 6) is -0.0139. The van der Waals surface area contributed by atoms with Gasteiger partial charge in [-0.15, -0.1) is 0 Å². The Hall–Kier alpha value is -1.28. The standard InChI is InChI=1S/C7H11N3OS/c1-4(2)11-6(9)5(3-8)7(10)12/h4H,9H2,1-2H3,(H2,10,12)/b6-5+. The molecule has 12 heavy (non-hydrogen) atoms. The molecule has 0 aliphatic carbocycles. The van der Waals surface area contributed by atoms with E-state index in [1.165, 1.54) is 0 Å². The molecular weight excluding hydrogens is 174 g/mol. The molecule has 0 saturated heterocycles. The van der Waals surface area contributed by atoms with Crippen LogP contribution < -0.4 is 11.5 Å². The van der Waals surface area contributed by atoms with Crippen LogP contribution in [0.4, 0.5) is 0 Å². The van der Waals surface area contributed by atoms with Gasteiger partial charge in [-0.05, 0) is 13.8 Å². The average Bonchev–Trinajstić information content (AvgIpc) is 1.85. The third kappa shape index (κ3) is 3.21. The third-order valence-electron chi connectivity index (χ3n) is 0.967. The monoisotopic (exact) mass is 185 g/mol. The van der Waals surface area contributed by atoms with Gasteiger partial charge in [-0.2, -0.15) is 5.26 Å². The van der Waals surface area contributed by atoms with Crippen LogP contribution in [0, 0.1) is 11.3 Å². The van der Waals surface area contributed by atoms with Crippen LogP contribution in [0.2, 0.25) is 0 Å². The number of rotatable bonds is 3. The Morgan fingerprint density at radius 1 is 1.50 bits per heavy atom. The molecule has 0 heterocycles. The van der Waals surface area contributed by atoms with E-state index in [1.54, 1.807) is 19.9 Å². The summed E-state index contributed by atoms with van der Waals surface area (Å²) in [5, 5.41) is 8.54. The van der Waals surface area contributed by atoms with E-state index in [0.29, 0.717) is 0 Å². The Kier molecular flexibility index (Phi) is 4.08. The Balaban J connectivity index is 4.64. The number of thiocarbonyl (C=S) groups is 1. The summed E-state index contributed by atoms with van der Waals surface area (Å²) in [7, 11) is 0. The molecule has 0 aromatic rings. The van der Waals surface area contributed by atoms with Crippen molar-refractivity contribution in [2.45, 2.75) is 20.0 Å². The Morgan fingerprint density at radius 3 is 2.25 bits per heavy atom. The molecule has 0 radical (unpaired) electrons. The fourth-order valence-electron chi connectivity index (χ4n) is 0.544. The second-order valence-electron chi connectivity index (χ2n) is 2.38. The van der Waals surface area contributed by atoms with Crippen LogP contribution in [-0.4, -0.2) is 11.1 Å². The van der Waals surface area contributed by atoms with Crippen molar-refractivity contribution in [3.8, 4) is 6.07 Å². The van der Waals surface area contributed by atoms with Crippen molar-refractivity contribution >= 4 is 17.2 Å². The minimum Gasteiger partial charge on any atom is -0.476 e. The molecule has 0 fully saturated rings. The van der Waals surface area contributed by atoms with Gasteiger partial charge >= 0.3 is 0 Å². The van der Waals surface area contributed by atoms with Gasteiger partial charge in [-0.25, -0.2) is 0 Å². The van der Waals surface area contributed by atoms with Crippen LogP contribution in [-0.2, 0) is 4.74 Å². The van der Waals surface area contributed by atoms with Crippen molar-refractivity contribution in [3.05, 3.63) is 11.5 Å². The van der Waals surface area contributed by atoms with Crippen LogP contribution in [0.15, 0.2) is 11.5 Å². The highest BCUT2D eigenvalue weighted by Gasteiger charge is 2.08. The Bertz CT molecular complexity index is 252. The molecular formula is C7H11N3OS. The molecule has 4 N–H and O–H groups in total. The van der Waals surface area contributed by atoms with Crippen LogP contribution in [0.25, 0.3) is 0 Å². The van der Waals surface area contributed by atoms with Crippen molar-refractivity contribution in [2.24, 2.45) is 11.5 Å². The third-order valence-corrected chi connectivity index (χ3v) is 1.17. The molecule has 0 spiro atoms. The Morgan fingerprint density at radius 2 is 2.00 bits per heavy atom. The lowest BCUT2D eigenvalue weighted by Gasteiger charge is -2.10. The zero-order valence-electron chi connectivity index (χ0n) is 7.00. The molecule has 66 valence electrons. The summed E-state index contributed by atoms with van der Waals surface area (Å²) in [6.07, 6.45) is -0.0947. The van der Waals surface area contributed by atoms with Gasteiger partial charge < -0.3 is 16.2 Å².